The summed E-state index contributed by atoms with van der Waals surface area (Å²) in [6.45, 7) is 0.597. The van der Waals surface area contributed by atoms with E-state index in [9.17, 15) is 23.1 Å². The first-order valence-corrected chi connectivity index (χ1v) is 6.92. The first-order valence-electron chi connectivity index (χ1n) is 6.13. The molecule has 1 atom stereocenters. The van der Waals surface area contributed by atoms with Crippen LogP contribution in [0.5, 0.6) is 0 Å². The van der Waals surface area contributed by atoms with Gasteiger partial charge in [0.05, 0.1) is 17.2 Å². The van der Waals surface area contributed by atoms with Crippen LogP contribution in [0.3, 0.4) is 0 Å². The molecule has 110 valence electrons. The molecule has 0 aromatic heterocycles. The van der Waals surface area contributed by atoms with E-state index in [1.54, 1.807) is 0 Å². The van der Waals surface area contributed by atoms with Gasteiger partial charge < -0.3 is 10.0 Å². The number of alkyl halides is 3. The molecule has 1 aliphatic rings. The fraction of sp³-hybridized carbons (Fsp3) is 0.462. The Bertz CT molecular complexity index is 519. The zero-order valence-electron chi connectivity index (χ0n) is 10.5. The van der Waals surface area contributed by atoms with E-state index in [1.807, 2.05) is 0 Å². The molecule has 0 radical (unpaired) electrons. The van der Waals surface area contributed by atoms with Gasteiger partial charge in [-0.25, -0.2) is 0 Å². The number of benzene rings is 1. The van der Waals surface area contributed by atoms with Crippen molar-refractivity contribution in [3.05, 3.63) is 33.8 Å². The Morgan fingerprint density at radius 3 is 2.70 bits per heavy atom. The molecule has 1 aromatic carbocycles. The quantitative estimate of drug-likeness (QED) is 0.844. The number of carbonyl (C=O) groups excluding carboxylic acids is 1. The number of aliphatic hydroxyl groups is 1. The Morgan fingerprint density at radius 2 is 2.10 bits per heavy atom. The van der Waals surface area contributed by atoms with Gasteiger partial charge in [0.1, 0.15) is 0 Å². The summed E-state index contributed by atoms with van der Waals surface area (Å²) >= 11 is 3.10. The molecule has 0 spiro atoms. The van der Waals surface area contributed by atoms with Crippen molar-refractivity contribution in [3.8, 4) is 0 Å². The molecule has 3 nitrogen and oxygen atoms in total. The highest BCUT2D eigenvalue weighted by molar-refractivity contribution is 9.10. The summed E-state index contributed by atoms with van der Waals surface area (Å²) in [5, 5.41) is 9.54. The summed E-state index contributed by atoms with van der Waals surface area (Å²) in [5.74, 6) is -0.498. The van der Waals surface area contributed by atoms with Crippen molar-refractivity contribution in [2.45, 2.75) is 25.1 Å². The zero-order valence-corrected chi connectivity index (χ0v) is 12.0. The Labute approximate surface area is 122 Å². The number of nitrogens with zero attached hydrogens (tertiary/aromatic N) is 1. The first kappa shape index (κ1) is 15.3. The summed E-state index contributed by atoms with van der Waals surface area (Å²) in [6, 6.07) is 2.98. The summed E-state index contributed by atoms with van der Waals surface area (Å²) in [5.41, 5.74) is -0.893. The Balaban J connectivity index is 2.29. The van der Waals surface area contributed by atoms with E-state index in [-0.39, 0.29) is 12.1 Å². The van der Waals surface area contributed by atoms with Crippen LogP contribution in [0.2, 0.25) is 0 Å². The molecule has 1 amide bonds. The van der Waals surface area contributed by atoms with Crippen molar-refractivity contribution in [1.82, 2.24) is 4.90 Å². The average molecular weight is 352 g/mol. The van der Waals surface area contributed by atoms with Crippen molar-refractivity contribution >= 4 is 21.8 Å². The number of halogens is 4. The second kappa shape index (κ2) is 5.73. The molecule has 1 aromatic rings. The number of likely N-dealkylation sites (tertiary alicyclic amines) is 1. The predicted octanol–water partition coefficient (Wildman–Crippen LogP) is 3.06. The van der Waals surface area contributed by atoms with Crippen LogP contribution in [0, 0.1) is 0 Å². The van der Waals surface area contributed by atoms with E-state index in [1.165, 1.54) is 11.0 Å². The lowest BCUT2D eigenvalue weighted by Crippen LogP contribution is -2.42. The number of hydrogen-bond acceptors (Lipinski definition) is 2. The third-order valence-corrected chi connectivity index (χ3v) is 3.90. The molecule has 0 aliphatic carbocycles. The molecular formula is C13H13BrF3NO2. The molecule has 1 aliphatic heterocycles. The van der Waals surface area contributed by atoms with Crippen LogP contribution in [0.25, 0.3) is 0 Å². The van der Waals surface area contributed by atoms with Gasteiger partial charge in [-0.05, 0) is 47.0 Å². The molecule has 1 unspecified atom stereocenters. The van der Waals surface area contributed by atoms with Crippen molar-refractivity contribution in [1.29, 1.82) is 0 Å². The van der Waals surface area contributed by atoms with Gasteiger partial charge in [-0.2, -0.15) is 13.2 Å². The minimum absolute atomic E-state index is 0.0334. The van der Waals surface area contributed by atoms with Gasteiger partial charge in [-0.1, -0.05) is 0 Å². The van der Waals surface area contributed by atoms with Gasteiger partial charge in [0.2, 0.25) is 0 Å². The van der Waals surface area contributed by atoms with Crippen LogP contribution in [0.15, 0.2) is 22.7 Å². The minimum Gasteiger partial charge on any atom is -0.391 e. The number of piperidine rings is 1. The molecule has 0 bridgehead atoms. The largest absolute Gasteiger partial charge is 0.416 e. The Morgan fingerprint density at radius 1 is 1.40 bits per heavy atom. The van der Waals surface area contributed by atoms with Gasteiger partial charge in [0, 0.05) is 17.6 Å². The molecule has 2 rings (SSSR count). The van der Waals surface area contributed by atoms with Crippen LogP contribution < -0.4 is 0 Å². The lowest BCUT2D eigenvalue weighted by atomic mass is 10.1. The van der Waals surface area contributed by atoms with E-state index in [2.05, 4.69) is 15.9 Å². The first-order chi connectivity index (χ1) is 9.29. The average Bonchev–Trinajstić information content (AvgIpc) is 2.37. The molecule has 20 heavy (non-hydrogen) atoms. The fourth-order valence-corrected chi connectivity index (χ4v) is 2.59. The molecule has 1 fully saturated rings. The maximum absolute atomic E-state index is 12.7. The van der Waals surface area contributed by atoms with Gasteiger partial charge in [-0.15, -0.1) is 0 Å². The fourth-order valence-electron chi connectivity index (χ4n) is 2.18. The monoisotopic (exact) mass is 351 g/mol. The van der Waals surface area contributed by atoms with Crippen molar-refractivity contribution in [2.75, 3.05) is 13.1 Å². The van der Waals surface area contributed by atoms with Crippen LogP contribution in [-0.2, 0) is 6.18 Å². The second-order valence-electron chi connectivity index (χ2n) is 4.74. The van der Waals surface area contributed by atoms with E-state index in [0.717, 1.165) is 12.1 Å². The SMILES string of the molecule is O=C(c1cc(C(F)(F)F)ccc1Br)N1CCCC(O)C1. The summed E-state index contributed by atoms with van der Waals surface area (Å²) in [7, 11) is 0. The lowest BCUT2D eigenvalue weighted by Gasteiger charge is -2.30. The van der Waals surface area contributed by atoms with Crippen LogP contribution in [-0.4, -0.2) is 35.1 Å². The molecule has 7 heteroatoms. The molecule has 1 saturated heterocycles. The highest BCUT2D eigenvalue weighted by Gasteiger charge is 2.32. The van der Waals surface area contributed by atoms with Crippen LogP contribution in [0.1, 0.15) is 28.8 Å². The standard InChI is InChI=1S/C13H13BrF3NO2/c14-11-4-3-8(13(15,16)17)6-10(11)12(20)18-5-1-2-9(19)7-18/h3-4,6,9,19H,1-2,5,7H2. The number of aliphatic hydroxyl groups excluding tert-OH is 1. The number of hydrogen-bond donors (Lipinski definition) is 1. The normalized spacial score (nSPS) is 20.1. The van der Waals surface area contributed by atoms with Crippen LogP contribution in [0.4, 0.5) is 13.2 Å². The van der Waals surface area contributed by atoms with Crippen molar-refractivity contribution < 1.29 is 23.1 Å². The van der Waals surface area contributed by atoms with Crippen molar-refractivity contribution in [2.24, 2.45) is 0 Å². The number of β-amino-alcohol motifs (C(OH)–C–C–N with tert-alkyl or cyclic N) is 1. The smallest absolute Gasteiger partial charge is 0.391 e. The van der Waals surface area contributed by atoms with Gasteiger partial charge >= 0.3 is 6.18 Å². The lowest BCUT2D eigenvalue weighted by molar-refractivity contribution is -0.137. The topological polar surface area (TPSA) is 40.5 Å². The van der Waals surface area contributed by atoms with Gasteiger partial charge in [0.15, 0.2) is 0 Å². The number of rotatable bonds is 1. The summed E-state index contributed by atoms with van der Waals surface area (Å²) in [4.78, 5) is 13.6. The number of amides is 1. The minimum atomic E-state index is -4.49. The highest BCUT2D eigenvalue weighted by atomic mass is 79.9. The van der Waals surface area contributed by atoms with Gasteiger partial charge in [0.25, 0.3) is 5.91 Å². The van der Waals surface area contributed by atoms with Crippen molar-refractivity contribution in [3.63, 3.8) is 0 Å². The maximum atomic E-state index is 12.7. The van der Waals surface area contributed by atoms with E-state index in [0.29, 0.717) is 23.9 Å². The molecule has 1 N–H and O–H groups in total. The molecular weight excluding hydrogens is 339 g/mol. The van der Waals surface area contributed by atoms with E-state index < -0.39 is 23.8 Å². The van der Waals surface area contributed by atoms with Gasteiger partial charge in [-0.3, -0.25) is 4.79 Å². The van der Waals surface area contributed by atoms with E-state index >= 15 is 0 Å². The zero-order chi connectivity index (χ0) is 14.9. The second-order valence-corrected chi connectivity index (χ2v) is 5.59. The Hall–Kier alpha value is -1.08. The highest BCUT2D eigenvalue weighted by Crippen LogP contribution is 2.32. The van der Waals surface area contributed by atoms with Crippen LogP contribution >= 0.6 is 15.9 Å². The number of carbonyl (C=O) groups is 1. The summed E-state index contributed by atoms with van der Waals surface area (Å²) in [6.07, 6.45) is -3.86. The van der Waals surface area contributed by atoms with E-state index in [4.69, 9.17) is 0 Å². The maximum Gasteiger partial charge on any atom is 0.416 e. The molecule has 1 heterocycles. The predicted molar refractivity (Wildman–Crippen MR) is 70.3 cm³/mol. The third-order valence-electron chi connectivity index (χ3n) is 3.21. The summed E-state index contributed by atoms with van der Waals surface area (Å²) < 4.78 is 38.4. The third kappa shape index (κ3) is 3.32. The Kier molecular flexibility index (Phi) is 4.39. The molecule has 0 saturated carbocycles.